The standard InChI is InChI=1S/C28H34N4O3/c1-18(2)35-24-11-10-21(15-22(24)16-29)27(34)31-23(12-13-33)14-19-6-8-20(9-7-19)26-30-17-25(32-26)28(3,4)5/h6-11,15,17-18,23,33H,12-14H2,1-5H3,(H,30,32)(H,31,34)/t23-/m1/s1. The van der Waals surface area contributed by atoms with Gasteiger partial charge in [0.1, 0.15) is 17.6 Å². The van der Waals surface area contributed by atoms with Gasteiger partial charge in [-0.15, -0.1) is 0 Å². The average molecular weight is 475 g/mol. The number of hydrogen-bond donors (Lipinski definition) is 3. The number of aliphatic hydroxyl groups excluding tert-OH is 1. The molecule has 0 saturated heterocycles. The molecule has 3 aromatic rings. The summed E-state index contributed by atoms with van der Waals surface area (Å²) in [5, 5.41) is 22.0. The van der Waals surface area contributed by atoms with Crippen molar-refractivity contribution in [3.8, 4) is 23.2 Å². The number of hydrogen-bond acceptors (Lipinski definition) is 5. The van der Waals surface area contributed by atoms with Crippen molar-refractivity contribution in [2.24, 2.45) is 0 Å². The third-order valence-electron chi connectivity index (χ3n) is 5.59. The van der Waals surface area contributed by atoms with Gasteiger partial charge in [0.15, 0.2) is 0 Å². The summed E-state index contributed by atoms with van der Waals surface area (Å²) in [7, 11) is 0. The Hall–Kier alpha value is -3.63. The Bertz CT molecular complexity index is 1180. The summed E-state index contributed by atoms with van der Waals surface area (Å²) in [5.41, 5.74) is 3.69. The van der Waals surface area contributed by atoms with E-state index in [4.69, 9.17) is 9.72 Å². The molecule has 184 valence electrons. The van der Waals surface area contributed by atoms with Crippen LogP contribution in [-0.2, 0) is 11.8 Å². The molecule has 0 radical (unpaired) electrons. The molecule has 3 rings (SSSR count). The lowest BCUT2D eigenvalue weighted by Gasteiger charge is -2.19. The Labute approximate surface area is 207 Å². The molecule has 0 bridgehead atoms. The highest BCUT2D eigenvalue weighted by molar-refractivity contribution is 5.95. The summed E-state index contributed by atoms with van der Waals surface area (Å²) in [6, 6.07) is 14.7. The van der Waals surface area contributed by atoms with Crippen LogP contribution in [0.1, 0.15) is 68.2 Å². The van der Waals surface area contributed by atoms with Crippen LogP contribution in [-0.4, -0.2) is 39.7 Å². The minimum absolute atomic E-state index is 0.0276. The van der Waals surface area contributed by atoms with E-state index in [9.17, 15) is 15.2 Å². The number of amides is 1. The van der Waals surface area contributed by atoms with E-state index < -0.39 is 0 Å². The first-order valence-corrected chi connectivity index (χ1v) is 11.9. The first kappa shape index (κ1) is 26.0. The number of nitrogens with one attached hydrogen (secondary N) is 2. The zero-order chi connectivity index (χ0) is 25.6. The molecule has 1 amide bonds. The Kier molecular flexibility index (Phi) is 8.31. The molecular formula is C28H34N4O3. The molecule has 0 spiro atoms. The van der Waals surface area contributed by atoms with Gasteiger partial charge in [-0.05, 0) is 50.5 Å². The van der Waals surface area contributed by atoms with E-state index in [0.29, 0.717) is 29.7 Å². The van der Waals surface area contributed by atoms with Gasteiger partial charge < -0.3 is 20.1 Å². The van der Waals surface area contributed by atoms with E-state index in [1.165, 1.54) is 6.07 Å². The third kappa shape index (κ3) is 6.93. The van der Waals surface area contributed by atoms with Gasteiger partial charge in [-0.1, -0.05) is 45.0 Å². The second-order valence-corrected chi connectivity index (χ2v) is 9.96. The molecule has 0 unspecified atom stereocenters. The fraction of sp³-hybridized carbons (Fsp3) is 0.393. The van der Waals surface area contributed by atoms with Gasteiger partial charge in [0.25, 0.3) is 5.91 Å². The highest BCUT2D eigenvalue weighted by Gasteiger charge is 2.19. The summed E-state index contributed by atoms with van der Waals surface area (Å²) < 4.78 is 5.64. The van der Waals surface area contributed by atoms with Crippen molar-refractivity contribution in [1.29, 1.82) is 5.26 Å². The molecule has 0 aliphatic heterocycles. The predicted octanol–water partition coefficient (Wildman–Crippen LogP) is 4.76. The smallest absolute Gasteiger partial charge is 0.251 e. The molecule has 0 saturated carbocycles. The van der Waals surface area contributed by atoms with Crippen molar-refractivity contribution >= 4 is 5.91 Å². The first-order valence-electron chi connectivity index (χ1n) is 11.9. The maximum Gasteiger partial charge on any atom is 0.251 e. The number of carbonyl (C=O) groups excluding carboxylic acids is 1. The van der Waals surface area contributed by atoms with Gasteiger partial charge in [-0.25, -0.2) is 4.98 Å². The number of nitriles is 1. The average Bonchev–Trinajstić information content (AvgIpc) is 3.30. The number of nitrogens with zero attached hydrogens (tertiary/aromatic N) is 2. The van der Waals surface area contributed by atoms with Crippen molar-refractivity contribution in [1.82, 2.24) is 15.3 Å². The minimum Gasteiger partial charge on any atom is -0.490 e. The fourth-order valence-electron chi connectivity index (χ4n) is 3.70. The minimum atomic E-state index is -0.294. The van der Waals surface area contributed by atoms with Crippen LogP contribution >= 0.6 is 0 Å². The third-order valence-corrected chi connectivity index (χ3v) is 5.59. The molecule has 35 heavy (non-hydrogen) atoms. The number of rotatable bonds is 9. The van der Waals surface area contributed by atoms with Crippen LogP contribution in [0.4, 0.5) is 0 Å². The summed E-state index contributed by atoms with van der Waals surface area (Å²) in [5.74, 6) is 0.982. The Balaban J connectivity index is 1.70. The number of aromatic amines is 1. The highest BCUT2D eigenvalue weighted by Crippen LogP contribution is 2.24. The number of aliphatic hydroxyl groups is 1. The lowest BCUT2D eigenvalue weighted by molar-refractivity contribution is 0.0930. The van der Waals surface area contributed by atoms with Crippen LogP contribution in [0.5, 0.6) is 5.75 Å². The summed E-state index contributed by atoms with van der Waals surface area (Å²) in [4.78, 5) is 20.8. The normalized spacial score (nSPS) is 12.3. The van der Waals surface area contributed by atoms with E-state index in [1.807, 2.05) is 44.3 Å². The van der Waals surface area contributed by atoms with Gasteiger partial charge in [-0.3, -0.25) is 4.79 Å². The van der Waals surface area contributed by atoms with E-state index in [1.54, 1.807) is 12.1 Å². The summed E-state index contributed by atoms with van der Waals surface area (Å²) in [6.45, 7) is 10.1. The lowest BCUT2D eigenvalue weighted by atomic mass is 9.93. The first-order chi connectivity index (χ1) is 16.6. The molecule has 2 aromatic carbocycles. The number of imidazole rings is 1. The quantitative estimate of drug-likeness (QED) is 0.414. The van der Waals surface area contributed by atoms with Gasteiger partial charge in [-0.2, -0.15) is 5.26 Å². The van der Waals surface area contributed by atoms with Crippen molar-refractivity contribution in [2.75, 3.05) is 6.61 Å². The summed E-state index contributed by atoms with van der Waals surface area (Å²) in [6.07, 6.45) is 2.85. The zero-order valence-electron chi connectivity index (χ0n) is 21.1. The van der Waals surface area contributed by atoms with E-state index in [0.717, 1.165) is 22.6 Å². The molecule has 0 fully saturated rings. The van der Waals surface area contributed by atoms with Crippen molar-refractivity contribution in [3.63, 3.8) is 0 Å². The zero-order valence-corrected chi connectivity index (χ0v) is 21.1. The SMILES string of the molecule is CC(C)Oc1ccc(C(=O)N[C@H](CCO)Cc2ccc(-c3nc(C(C)(C)C)c[nH]3)cc2)cc1C#N. The Morgan fingerprint density at radius 2 is 1.91 bits per heavy atom. The Morgan fingerprint density at radius 1 is 1.20 bits per heavy atom. The van der Waals surface area contributed by atoms with Crippen molar-refractivity contribution in [2.45, 2.75) is 65.0 Å². The monoisotopic (exact) mass is 474 g/mol. The van der Waals surface area contributed by atoms with Crippen LogP contribution in [0.3, 0.4) is 0 Å². The van der Waals surface area contributed by atoms with E-state index in [2.05, 4.69) is 37.1 Å². The van der Waals surface area contributed by atoms with Gasteiger partial charge >= 0.3 is 0 Å². The second kappa shape index (κ2) is 11.2. The van der Waals surface area contributed by atoms with Crippen LogP contribution in [0.25, 0.3) is 11.4 Å². The topological polar surface area (TPSA) is 111 Å². The van der Waals surface area contributed by atoms with Gasteiger partial charge in [0, 0.05) is 35.4 Å². The van der Waals surface area contributed by atoms with Crippen LogP contribution in [0.15, 0.2) is 48.7 Å². The number of H-pyrrole nitrogens is 1. The predicted molar refractivity (Wildman–Crippen MR) is 136 cm³/mol. The molecule has 0 aliphatic rings. The molecule has 1 atom stereocenters. The largest absolute Gasteiger partial charge is 0.490 e. The van der Waals surface area contributed by atoms with Gasteiger partial charge in [0.05, 0.1) is 17.4 Å². The number of aromatic nitrogens is 2. The van der Waals surface area contributed by atoms with Crippen molar-refractivity contribution in [3.05, 3.63) is 71.0 Å². The maximum absolute atomic E-state index is 12.9. The second-order valence-electron chi connectivity index (χ2n) is 9.96. The fourth-order valence-corrected chi connectivity index (χ4v) is 3.70. The highest BCUT2D eigenvalue weighted by atomic mass is 16.5. The van der Waals surface area contributed by atoms with E-state index >= 15 is 0 Å². The number of ether oxygens (including phenoxy) is 1. The molecular weight excluding hydrogens is 440 g/mol. The van der Waals surface area contributed by atoms with Crippen LogP contribution in [0.2, 0.25) is 0 Å². The lowest BCUT2D eigenvalue weighted by Crippen LogP contribution is -2.37. The van der Waals surface area contributed by atoms with Gasteiger partial charge in [0.2, 0.25) is 0 Å². The molecule has 3 N–H and O–H groups in total. The molecule has 0 aliphatic carbocycles. The van der Waals surface area contributed by atoms with E-state index in [-0.39, 0.29) is 30.1 Å². The maximum atomic E-state index is 12.9. The molecule has 1 aromatic heterocycles. The molecule has 1 heterocycles. The van der Waals surface area contributed by atoms with Crippen LogP contribution in [0, 0.1) is 11.3 Å². The number of carbonyl (C=O) groups is 1. The molecule has 7 nitrogen and oxygen atoms in total. The number of benzene rings is 2. The van der Waals surface area contributed by atoms with Crippen LogP contribution < -0.4 is 10.1 Å². The van der Waals surface area contributed by atoms with Crippen molar-refractivity contribution < 1.29 is 14.6 Å². The summed E-state index contributed by atoms with van der Waals surface area (Å²) >= 11 is 0. The Morgan fingerprint density at radius 3 is 2.49 bits per heavy atom. The molecule has 7 heteroatoms.